The number of carbonyl (C=O) groups is 1. The van der Waals surface area contributed by atoms with Gasteiger partial charge in [-0.05, 0) is 45.0 Å². The van der Waals surface area contributed by atoms with Crippen molar-refractivity contribution in [2.75, 3.05) is 20.1 Å². The molecular formula is C20H24F2N2O3. The molecule has 1 amide bonds. The summed E-state index contributed by atoms with van der Waals surface area (Å²) < 4.78 is 32.9. The Morgan fingerprint density at radius 1 is 1.30 bits per heavy atom. The molecule has 3 rings (SSSR count). The molecule has 7 heteroatoms. The summed E-state index contributed by atoms with van der Waals surface area (Å²) >= 11 is 0. The van der Waals surface area contributed by atoms with E-state index < -0.39 is 23.1 Å². The fourth-order valence-electron chi connectivity index (χ4n) is 3.58. The van der Waals surface area contributed by atoms with Crippen molar-refractivity contribution in [2.24, 2.45) is 0 Å². The monoisotopic (exact) mass is 378 g/mol. The number of aryl methyl sites for hydroxylation is 1. The van der Waals surface area contributed by atoms with Gasteiger partial charge in [-0.15, -0.1) is 0 Å². The highest BCUT2D eigenvalue weighted by Gasteiger charge is 2.43. The van der Waals surface area contributed by atoms with Crippen molar-refractivity contribution < 1.29 is 23.1 Å². The Hall–Kier alpha value is -2.25. The molecule has 0 spiro atoms. The molecule has 1 aliphatic rings. The van der Waals surface area contributed by atoms with Crippen LogP contribution in [0.15, 0.2) is 34.7 Å². The van der Waals surface area contributed by atoms with Crippen molar-refractivity contribution in [3.05, 3.63) is 59.1 Å². The molecule has 0 radical (unpaired) electrons. The van der Waals surface area contributed by atoms with E-state index in [9.17, 15) is 18.7 Å². The van der Waals surface area contributed by atoms with Crippen LogP contribution in [0.1, 0.15) is 29.9 Å². The average Bonchev–Trinajstić information content (AvgIpc) is 3.00. The van der Waals surface area contributed by atoms with E-state index in [-0.39, 0.29) is 18.7 Å². The maximum atomic E-state index is 13.9. The molecule has 0 bridgehead atoms. The summed E-state index contributed by atoms with van der Waals surface area (Å²) in [6.07, 6.45) is 0.919. The molecule has 5 nitrogen and oxygen atoms in total. The third-order valence-electron chi connectivity index (χ3n) is 4.85. The van der Waals surface area contributed by atoms with E-state index in [1.54, 1.807) is 7.05 Å². The Morgan fingerprint density at radius 2 is 2.07 bits per heavy atom. The molecule has 0 saturated carbocycles. The van der Waals surface area contributed by atoms with Crippen LogP contribution in [0.4, 0.5) is 8.78 Å². The maximum Gasteiger partial charge on any atom is 0.256 e. The first-order chi connectivity index (χ1) is 12.8. The summed E-state index contributed by atoms with van der Waals surface area (Å²) in [5.41, 5.74) is -1.45. The van der Waals surface area contributed by atoms with Crippen LogP contribution < -0.4 is 0 Å². The Labute approximate surface area is 157 Å². The number of rotatable bonds is 6. The number of furan rings is 1. The highest BCUT2D eigenvalue weighted by molar-refractivity contribution is 5.86. The molecule has 27 heavy (non-hydrogen) atoms. The van der Waals surface area contributed by atoms with Crippen molar-refractivity contribution >= 4 is 5.91 Å². The van der Waals surface area contributed by atoms with E-state index in [0.29, 0.717) is 25.9 Å². The van der Waals surface area contributed by atoms with Crippen LogP contribution in [0.3, 0.4) is 0 Å². The molecule has 1 aromatic heterocycles. The van der Waals surface area contributed by atoms with Crippen molar-refractivity contribution in [3.8, 4) is 0 Å². The molecule has 0 aliphatic carbocycles. The molecule has 1 fully saturated rings. The fraction of sp³-hybridized carbons (Fsp3) is 0.450. The Balaban J connectivity index is 1.68. The zero-order valence-corrected chi connectivity index (χ0v) is 15.5. The van der Waals surface area contributed by atoms with Gasteiger partial charge in [0.15, 0.2) is 17.2 Å². The van der Waals surface area contributed by atoms with Gasteiger partial charge in [0.2, 0.25) is 0 Å². The molecule has 1 N–H and O–H groups in total. The van der Waals surface area contributed by atoms with Crippen LogP contribution in [-0.2, 0) is 17.9 Å². The minimum Gasteiger partial charge on any atom is -0.465 e. The number of aliphatic hydroxyl groups is 1. The second kappa shape index (κ2) is 7.78. The molecule has 2 aromatic rings. The first-order valence-electron chi connectivity index (χ1n) is 8.97. The van der Waals surface area contributed by atoms with Crippen molar-refractivity contribution in [2.45, 2.75) is 38.5 Å². The van der Waals surface area contributed by atoms with Crippen LogP contribution in [0, 0.1) is 18.6 Å². The van der Waals surface area contributed by atoms with Gasteiger partial charge in [0.25, 0.3) is 5.91 Å². The second-order valence-corrected chi connectivity index (χ2v) is 7.26. The molecule has 1 atom stereocenters. The molecule has 146 valence electrons. The third-order valence-corrected chi connectivity index (χ3v) is 4.85. The summed E-state index contributed by atoms with van der Waals surface area (Å²) in [7, 11) is 1.80. The van der Waals surface area contributed by atoms with Gasteiger partial charge in [-0.25, -0.2) is 8.78 Å². The number of hydrogen-bond acceptors (Lipinski definition) is 4. The number of nitrogens with zero attached hydrogens (tertiary/aromatic N) is 2. The minimum absolute atomic E-state index is 0.0637. The third kappa shape index (κ3) is 4.36. The minimum atomic E-state index is -1.56. The van der Waals surface area contributed by atoms with E-state index >= 15 is 0 Å². The number of benzene rings is 1. The van der Waals surface area contributed by atoms with Gasteiger partial charge in [-0.1, -0.05) is 12.1 Å². The number of hydrogen-bond donors (Lipinski definition) is 1. The molecule has 1 aliphatic heterocycles. The summed E-state index contributed by atoms with van der Waals surface area (Å²) in [5, 5.41) is 10.9. The summed E-state index contributed by atoms with van der Waals surface area (Å²) in [4.78, 5) is 16.1. The van der Waals surface area contributed by atoms with Crippen LogP contribution in [0.5, 0.6) is 0 Å². The first-order valence-corrected chi connectivity index (χ1v) is 8.97. The number of likely N-dealkylation sites (tertiary alicyclic amines) is 1. The Kier molecular flexibility index (Phi) is 5.62. The van der Waals surface area contributed by atoms with Crippen LogP contribution >= 0.6 is 0 Å². The lowest BCUT2D eigenvalue weighted by molar-refractivity contribution is -0.160. The number of piperidine rings is 1. The largest absolute Gasteiger partial charge is 0.465 e. The summed E-state index contributed by atoms with van der Waals surface area (Å²) in [6.45, 7) is 2.78. The normalized spacial score (nSPS) is 20.5. The molecule has 0 unspecified atom stereocenters. The van der Waals surface area contributed by atoms with Crippen molar-refractivity contribution in [1.29, 1.82) is 0 Å². The molecule has 1 saturated heterocycles. The van der Waals surface area contributed by atoms with E-state index in [4.69, 9.17) is 4.42 Å². The first kappa shape index (κ1) is 19.5. The van der Waals surface area contributed by atoms with Gasteiger partial charge in [0, 0.05) is 25.2 Å². The maximum absolute atomic E-state index is 13.9. The number of carbonyl (C=O) groups excluding carboxylic acids is 1. The summed E-state index contributed by atoms with van der Waals surface area (Å²) in [5.74, 6) is -0.806. The van der Waals surface area contributed by atoms with Gasteiger partial charge in [-0.2, -0.15) is 0 Å². The van der Waals surface area contributed by atoms with Gasteiger partial charge in [-0.3, -0.25) is 9.69 Å². The Morgan fingerprint density at radius 3 is 2.78 bits per heavy atom. The SMILES string of the molecule is Cc1ccc(CN(C)C[C@@]2(O)CCCN(Cc3cccc(F)c3F)C2=O)o1. The lowest BCUT2D eigenvalue weighted by Crippen LogP contribution is -2.57. The van der Waals surface area contributed by atoms with Gasteiger partial charge in [0.05, 0.1) is 6.54 Å². The molecule has 1 aromatic carbocycles. The van der Waals surface area contributed by atoms with E-state index in [1.807, 2.05) is 24.0 Å². The zero-order chi connectivity index (χ0) is 19.6. The summed E-state index contributed by atoms with van der Waals surface area (Å²) in [6, 6.07) is 7.62. The quantitative estimate of drug-likeness (QED) is 0.840. The number of likely N-dealkylation sites (N-methyl/N-ethyl adjacent to an activating group) is 1. The standard InChI is InChI=1S/C20H24F2N2O3/c1-14-7-8-16(27-14)12-23(2)13-20(26)9-4-10-24(19(20)25)11-15-5-3-6-17(21)18(15)22/h3,5-8,26H,4,9-13H2,1-2H3/t20-/m0/s1. The van der Waals surface area contributed by atoms with Gasteiger partial charge in [0.1, 0.15) is 11.5 Å². The molecular weight excluding hydrogens is 354 g/mol. The lowest BCUT2D eigenvalue weighted by atomic mass is 9.90. The molecule has 2 heterocycles. The highest BCUT2D eigenvalue weighted by atomic mass is 19.2. The smallest absolute Gasteiger partial charge is 0.256 e. The van der Waals surface area contributed by atoms with E-state index in [2.05, 4.69) is 0 Å². The van der Waals surface area contributed by atoms with Crippen LogP contribution in [0.25, 0.3) is 0 Å². The van der Waals surface area contributed by atoms with Crippen molar-refractivity contribution in [3.63, 3.8) is 0 Å². The van der Waals surface area contributed by atoms with Gasteiger partial charge < -0.3 is 14.4 Å². The van der Waals surface area contributed by atoms with E-state index in [1.165, 1.54) is 17.0 Å². The fourth-order valence-corrected chi connectivity index (χ4v) is 3.58. The van der Waals surface area contributed by atoms with E-state index in [0.717, 1.165) is 17.6 Å². The van der Waals surface area contributed by atoms with Crippen LogP contribution in [-0.4, -0.2) is 46.6 Å². The predicted octanol–water partition coefficient (Wildman–Crippen LogP) is 2.85. The topological polar surface area (TPSA) is 56.9 Å². The zero-order valence-electron chi connectivity index (χ0n) is 15.5. The number of halogens is 2. The average molecular weight is 378 g/mol. The van der Waals surface area contributed by atoms with Crippen molar-refractivity contribution in [1.82, 2.24) is 9.80 Å². The van der Waals surface area contributed by atoms with Gasteiger partial charge >= 0.3 is 0 Å². The highest BCUT2D eigenvalue weighted by Crippen LogP contribution is 2.26. The lowest BCUT2D eigenvalue weighted by Gasteiger charge is -2.40. The van der Waals surface area contributed by atoms with Crippen LogP contribution in [0.2, 0.25) is 0 Å². The predicted molar refractivity (Wildman–Crippen MR) is 95.7 cm³/mol. The Bertz CT molecular complexity index is 823. The number of amides is 1. The second-order valence-electron chi connectivity index (χ2n) is 7.26.